The lowest BCUT2D eigenvalue weighted by molar-refractivity contribution is -0.126. The van der Waals surface area contributed by atoms with Crippen molar-refractivity contribution in [1.29, 1.82) is 0 Å². The van der Waals surface area contributed by atoms with Crippen LogP contribution in [0, 0.1) is 0 Å². The molecule has 1 atom stereocenters. The van der Waals surface area contributed by atoms with Crippen molar-refractivity contribution in [2.45, 2.75) is 12.5 Å². The second-order valence-electron chi connectivity index (χ2n) is 4.39. The van der Waals surface area contributed by atoms with Crippen molar-refractivity contribution in [2.24, 2.45) is 0 Å². The third-order valence-corrected chi connectivity index (χ3v) is 3.89. The maximum atomic E-state index is 11.6. The highest BCUT2D eigenvalue weighted by molar-refractivity contribution is 9.10. The highest BCUT2D eigenvalue weighted by atomic mass is 79.9. The summed E-state index contributed by atoms with van der Waals surface area (Å²) in [7, 11) is 1.84. The zero-order valence-electron chi connectivity index (χ0n) is 9.43. The minimum Gasteiger partial charge on any atom is -0.344 e. The zero-order chi connectivity index (χ0) is 12.0. The number of fused-ring (bicyclic) bond motifs is 1. The van der Waals surface area contributed by atoms with E-state index < -0.39 is 0 Å². The van der Waals surface area contributed by atoms with Gasteiger partial charge >= 0.3 is 0 Å². The highest BCUT2D eigenvalue weighted by Gasteiger charge is 2.29. The van der Waals surface area contributed by atoms with Crippen LogP contribution in [0.1, 0.15) is 12.5 Å². The molecular weight excluding hydrogens is 282 g/mol. The molecule has 3 rings (SSSR count). The molecule has 1 aliphatic heterocycles. The van der Waals surface area contributed by atoms with Gasteiger partial charge in [-0.25, -0.2) is 4.98 Å². The molecule has 17 heavy (non-hydrogen) atoms. The van der Waals surface area contributed by atoms with Gasteiger partial charge in [0.1, 0.15) is 5.65 Å². The first kappa shape index (κ1) is 10.8. The van der Waals surface area contributed by atoms with E-state index in [1.807, 2.05) is 25.4 Å². The predicted octanol–water partition coefficient (Wildman–Crippen LogP) is 2.20. The molecule has 0 bridgehead atoms. The fourth-order valence-corrected chi connectivity index (χ4v) is 2.88. The molecule has 2 aromatic heterocycles. The lowest BCUT2D eigenvalue weighted by Crippen LogP contribution is -2.19. The normalized spacial score (nSPS) is 20.5. The summed E-state index contributed by atoms with van der Waals surface area (Å²) >= 11 is 3.54. The molecule has 88 valence electrons. The highest BCUT2D eigenvalue weighted by Crippen LogP contribution is 2.30. The molecule has 5 heteroatoms. The van der Waals surface area contributed by atoms with Gasteiger partial charge in [0, 0.05) is 42.3 Å². The van der Waals surface area contributed by atoms with Crippen LogP contribution in [-0.2, 0) is 4.79 Å². The van der Waals surface area contributed by atoms with Gasteiger partial charge in [0.2, 0.25) is 5.91 Å². The van der Waals surface area contributed by atoms with Crippen LogP contribution in [0.15, 0.2) is 29.0 Å². The first-order chi connectivity index (χ1) is 8.16. The number of aromatic nitrogens is 2. The van der Waals surface area contributed by atoms with Crippen LogP contribution in [0.25, 0.3) is 11.0 Å². The molecule has 2 aromatic rings. The van der Waals surface area contributed by atoms with Crippen LogP contribution < -0.4 is 0 Å². The Kier molecular flexibility index (Phi) is 2.43. The fourth-order valence-electron chi connectivity index (χ4n) is 2.35. The summed E-state index contributed by atoms with van der Waals surface area (Å²) in [6.07, 6.45) is 4.36. The molecule has 0 saturated carbocycles. The van der Waals surface area contributed by atoms with Crippen molar-refractivity contribution in [3.8, 4) is 0 Å². The predicted molar refractivity (Wildman–Crippen MR) is 68.7 cm³/mol. The van der Waals surface area contributed by atoms with Crippen molar-refractivity contribution in [3.63, 3.8) is 0 Å². The number of carbonyl (C=O) groups excluding carboxylic acids is 1. The Labute approximate surface area is 107 Å². The monoisotopic (exact) mass is 293 g/mol. The van der Waals surface area contributed by atoms with Crippen LogP contribution in [0.3, 0.4) is 0 Å². The first-order valence-corrected chi connectivity index (χ1v) is 6.31. The Hall–Kier alpha value is -1.36. The number of halogens is 1. The van der Waals surface area contributed by atoms with Crippen LogP contribution in [0.4, 0.5) is 0 Å². The Bertz CT molecular complexity index is 592. The average molecular weight is 294 g/mol. The van der Waals surface area contributed by atoms with Gasteiger partial charge in [0.15, 0.2) is 0 Å². The van der Waals surface area contributed by atoms with E-state index in [1.165, 1.54) is 0 Å². The van der Waals surface area contributed by atoms with Crippen molar-refractivity contribution in [2.75, 3.05) is 13.6 Å². The standard InChI is InChI=1S/C12H12BrN3O/c1-15-6-8(5-11(15)17)16-7-10(13)9-3-2-4-14-12(9)16/h2-4,7-8H,5-6H2,1H3/t8-/m0/s1. The van der Waals surface area contributed by atoms with Crippen molar-refractivity contribution >= 4 is 32.9 Å². The van der Waals surface area contributed by atoms with Crippen LogP contribution in [0.5, 0.6) is 0 Å². The van der Waals surface area contributed by atoms with E-state index in [-0.39, 0.29) is 11.9 Å². The van der Waals surface area contributed by atoms with Gasteiger partial charge in [-0.2, -0.15) is 0 Å². The third kappa shape index (κ3) is 1.65. The lowest BCUT2D eigenvalue weighted by Gasteiger charge is -2.12. The Morgan fingerprint density at radius 1 is 1.53 bits per heavy atom. The first-order valence-electron chi connectivity index (χ1n) is 5.52. The van der Waals surface area contributed by atoms with E-state index >= 15 is 0 Å². The number of hydrogen-bond donors (Lipinski definition) is 0. The molecule has 0 unspecified atom stereocenters. The minimum absolute atomic E-state index is 0.191. The summed E-state index contributed by atoms with van der Waals surface area (Å²) in [6.45, 7) is 0.756. The zero-order valence-corrected chi connectivity index (χ0v) is 11.0. The molecule has 0 aliphatic carbocycles. The van der Waals surface area contributed by atoms with Crippen LogP contribution >= 0.6 is 15.9 Å². The second-order valence-corrected chi connectivity index (χ2v) is 5.25. The summed E-state index contributed by atoms with van der Waals surface area (Å²) in [5, 5.41) is 1.09. The Morgan fingerprint density at radius 2 is 2.35 bits per heavy atom. The Morgan fingerprint density at radius 3 is 3.06 bits per heavy atom. The van der Waals surface area contributed by atoms with Crippen LogP contribution in [-0.4, -0.2) is 34.0 Å². The van der Waals surface area contributed by atoms with E-state index in [0.717, 1.165) is 22.1 Å². The molecule has 0 spiro atoms. The van der Waals surface area contributed by atoms with E-state index in [4.69, 9.17) is 0 Å². The summed E-state index contributed by atoms with van der Waals surface area (Å²) in [6, 6.07) is 4.14. The molecule has 3 heterocycles. The smallest absolute Gasteiger partial charge is 0.224 e. The van der Waals surface area contributed by atoms with Gasteiger partial charge in [-0.3, -0.25) is 4.79 Å². The number of likely N-dealkylation sites (N-methyl/N-ethyl adjacent to an activating group) is 1. The molecule has 1 saturated heterocycles. The van der Waals surface area contributed by atoms with Crippen molar-refractivity contribution in [3.05, 3.63) is 29.0 Å². The average Bonchev–Trinajstić information content (AvgIpc) is 2.82. The molecule has 4 nitrogen and oxygen atoms in total. The van der Waals surface area contributed by atoms with Gasteiger partial charge < -0.3 is 9.47 Å². The minimum atomic E-state index is 0.191. The summed E-state index contributed by atoms with van der Waals surface area (Å²) < 4.78 is 3.13. The second kappa shape index (κ2) is 3.84. The Balaban J connectivity index is 2.09. The summed E-state index contributed by atoms with van der Waals surface area (Å²) in [5.41, 5.74) is 0.937. The molecule has 1 aliphatic rings. The number of likely N-dealkylation sites (tertiary alicyclic amines) is 1. The van der Waals surface area contributed by atoms with Gasteiger partial charge in [-0.05, 0) is 28.1 Å². The number of amides is 1. The molecular formula is C12H12BrN3O. The number of nitrogens with zero attached hydrogens (tertiary/aromatic N) is 3. The van der Waals surface area contributed by atoms with Crippen LogP contribution in [0.2, 0.25) is 0 Å². The summed E-state index contributed by atoms with van der Waals surface area (Å²) in [5.74, 6) is 0.198. The van der Waals surface area contributed by atoms with E-state index in [1.54, 1.807) is 11.1 Å². The largest absolute Gasteiger partial charge is 0.344 e. The quantitative estimate of drug-likeness (QED) is 0.808. The van der Waals surface area contributed by atoms with E-state index in [9.17, 15) is 4.79 Å². The number of rotatable bonds is 1. The van der Waals surface area contributed by atoms with E-state index in [0.29, 0.717) is 6.42 Å². The molecule has 0 N–H and O–H groups in total. The molecule has 1 fully saturated rings. The van der Waals surface area contributed by atoms with E-state index in [2.05, 4.69) is 25.5 Å². The maximum Gasteiger partial charge on any atom is 0.224 e. The van der Waals surface area contributed by atoms with Crippen molar-refractivity contribution in [1.82, 2.24) is 14.5 Å². The van der Waals surface area contributed by atoms with Gasteiger partial charge in [-0.15, -0.1) is 0 Å². The molecule has 0 aromatic carbocycles. The van der Waals surface area contributed by atoms with Gasteiger partial charge in [0.05, 0.1) is 6.04 Å². The number of carbonyl (C=O) groups is 1. The number of hydrogen-bond acceptors (Lipinski definition) is 2. The van der Waals surface area contributed by atoms with Crippen molar-refractivity contribution < 1.29 is 4.79 Å². The van der Waals surface area contributed by atoms with Gasteiger partial charge in [-0.1, -0.05) is 0 Å². The third-order valence-electron chi connectivity index (χ3n) is 3.25. The number of pyridine rings is 1. The lowest BCUT2D eigenvalue weighted by atomic mass is 10.2. The fraction of sp³-hybridized carbons (Fsp3) is 0.333. The molecule has 1 amide bonds. The SMILES string of the molecule is CN1C[C@@H](n2cc(Br)c3cccnc32)CC1=O. The summed E-state index contributed by atoms with van der Waals surface area (Å²) in [4.78, 5) is 17.8. The van der Waals surface area contributed by atoms with Gasteiger partial charge in [0.25, 0.3) is 0 Å². The molecule has 0 radical (unpaired) electrons. The maximum absolute atomic E-state index is 11.6. The topological polar surface area (TPSA) is 38.1 Å².